The van der Waals surface area contributed by atoms with Gasteiger partial charge in [0.1, 0.15) is 11.5 Å². The van der Waals surface area contributed by atoms with Crippen molar-refractivity contribution in [2.45, 2.75) is 96.4 Å². The third kappa shape index (κ3) is 7.35. The number of hydrazone groups is 1. The number of ketones is 3. The van der Waals surface area contributed by atoms with Gasteiger partial charge in [0.05, 0.1) is 41.8 Å². The SMILES string of the molecule is CC(=O)c1cccc2c1C(=O)c1c(O)c3c(c(O)c1C2=O)C[C@@](C)(/C(CO)=N/NC(=O)CCCCCN1C(=O)C=CC1=O)C[C@@H]3OC1C[C@H](N)[C@H](O)[C@H](C)O1. The molecule has 6 atom stereocenters. The molecule has 55 heavy (non-hydrogen) atoms. The highest BCUT2D eigenvalue weighted by molar-refractivity contribution is 6.32. The number of fused-ring (bicyclic) bond motifs is 3. The number of ether oxygens (including phenoxy) is 2. The number of phenolic OH excluding ortho intramolecular Hbond substituents is 2. The number of aromatic hydroxyl groups is 2. The normalized spacial score (nSPS) is 26.2. The number of imide groups is 1. The Balaban J connectivity index is 1.30. The number of nitrogens with one attached hydrogen (secondary N) is 1. The molecule has 2 aromatic rings. The minimum atomic E-state index is -1.19. The lowest BCUT2D eigenvalue weighted by atomic mass is 9.66. The molecule has 0 aromatic heterocycles. The van der Waals surface area contributed by atoms with Gasteiger partial charge < -0.3 is 35.6 Å². The van der Waals surface area contributed by atoms with Gasteiger partial charge in [-0.05, 0) is 39.5 Å². The number of hydrogen-bond acceptors (Lipinski definition) is 14. The van der Waals surface area contributed by atoms with Crippen molar-refractivity contribution in [3.05, 3.63) is 69.3 Å². The standard InChI is InChI=1S/C39H44N4O12/c1-18(45)20-8-7-9-21-30(20)37(52)33-32(35(21)50)36(51)22-15-39(3,16-24(31(22)38(33)53)55-29-14-23(40)34(49)19(2)54-29)25(17-44)41-42-26(46)10-5-4-6-13-43-27(47)11-12-28(43)48/h7-9,11-12,19,23-24,29,34,44,49,51,53H,4-6,10,13-17,40H2,1-3H3,(H,42,46)/b41-25+/t19-,23-,24-,29?,34+,39+/m0/s1. The number of benzene rings is 2. The van der Waals surface area contributed by atoms with Gasteiger partial charge in [0, 0.05) is 70.8 Å². The summed E-state index contributed by atoms with van der Waals surface area (Å²) in [5.41, 5.74) is 6.30. The monoisotopic (exact) mass is 760 g/mol. The summed E-state index contributed by atoms with van der Waals surface area (Å²) in [6.07, 6.45) is -0.0937. The molecule has 0 radical (unpaired) electrons. The first-order chi connectivity index (χ1) is 26.1. The van der Waals surface area contributed by atoms with E-state index in [9.17, 15) is 49.2 Å². The van der Waals surface area contributed by atoms with Crippen molar-refractivity contribution >= 4 is 40.8 Å². The second-order valence-corrected chi connectivity index (χ2v) is 14.7. The van der Waals surface area contributed by atoms with Gasteiger partial charge in [0.2, 0.25) is 5.91 Å². The molecule has 6 rings (SSSR count). The molecule has 1 unspecified atom stereocenters. The Hall–Kier alpha value is -5.13. The fourth-order valence-corrected chi connectivity index (χ4v) is 7.90. The first-order valence-electron chi connectivity index (χ1n) is 18.2. The molecule has 7 N–H and O–H groups in total. The van der Waals surface area contributed by atoms with E-state index in [1.54, 1.807) is 13.8 Å². The second-order valence-electron chi connectivity index (χ2n) is 14.7. The number of amides is 3. The quantitative estimate of drug-likeness (QED) is 0.0385. The van der Waals surface area contributed by atoms with Crippen LogP contribution in [-0.2, 0) is 30.3 Å². The predicted octanol–water partition coefficient (Wildman–Crippen LogP) is 1.86. The van der Waals surface area contributed by atoms with E-state index in [0.717, 1.165) is 4.90 Å². The molecule has 2 heterocycles. The van der Waals surface area contributed by atoms with Crippen LogP contribution in [0.3, 0.4) is 0 Å². The zero-order chi connectivity index (χ0) is 39.9. The van der Waals surface area contributed by atoms with Crippen molar-refractivity contribution in [3.8, 4) is 11.5 Å². The van der Waals surface area contributed by atoms with Crippen LogP contribution in [0.4, 0.5) is 0 Å². The highest BCUT2D eigenvalue weighted by Gasteiger charge is 2.48. The number of Topliss-reactive ketones (excluding diaryl/α,β-unsaturated/α-hetero) is 1. The summed E-state index contributed by atoms with van der Waals surface area (Å²) in [6.45, 7) is 4.14. The van der Waals surface area contributed by atoms with Gasteiger partial charge in [0.15, 0.2) is 23.6 Å². The lowest BCUT2D eigenvalue weighted by molar-refractivity contribution is -0.244. The third-order valence-electron chi connectivity index (χ3n) is 10.9. The van der Waals surface area contributed by atoms with E-state index in [-0.39, 0.29) is 77.6 Å². The Bertz CT molecular complexity index is 2010. The summed E-state index contributed by atoms with van der Waals surface area (Å²) in [5.74, 6) is -4.53. The molecule has 16 heteroatoms. The van der Waals surface area contributed by atoms with Crippen LogP contribution in [0.5, 0.6) is 11.5 Å². The smallest absolute Gasteiger partial charge is 0.253 e. The number of aliphatic hydroxyl groups excluding tert-OH is 2. The van der Waals surface area contributed by atoms with Crippen LogP contribution in [0.2, 0.25) is 0 Å². The minimum Gasteiger partial charge on any atom is -0.507 e. The fraction of sp³-hybridized carbons (Fsp3) is 0.462. The van der Waals surface area contributed by atoms with E-state index in [1.807, 2.05) is 0 Å². The number of unbranched alkanes of at least 4 members (excludes halogenated alkanes) is 2. The third-order valence-corrected chi connectivity index (χ3v) is 10.9. The van der Waals surface area contributed by atoms with Crippen LogP contribution in [-0.4, -0.2) is 104 Å². The lowest BCUT2D eigenvalue weighted by Crippen LogP contribution is -2.52. The van der Waals surface area contributed by atoms with Crippen molar-refractivity contribution in [1.29, 1.82) is 0 Å². The molecule has 0 bridgehead atoms. The average molecular weight is 761 g/mol. The molecule has 2 aliphatic heterocycles. The molecule has 292 valence electrons. The van der Waals surface area contributed by atoms with Gasteiger partial charge in [-0.3, -0.25) is 33.7 Å². The number of rotatable bonds is 12. The molecule has 1 fully saturated rings. The zero-order valence-electron chi connectivity index (χ0n) is 30.7. The highest BCUT2D eigenvalue weighted by atomic mass is 16.7. The van der Waals surface area contributed by atoms with Crippen LogP contribution in [0, 0.1) is 5.41 Å². The number of nitrogens with zero attached hydrogens (tertiary/aromatic N) is 2. The van der Waals surface area contributed by atoms with E-state index in [1.165, 1.54) is 37.3 Å². The Kier molecular flexibility index (Phi) is 11.2. The number of aliphatic hydroxyl groups is 2. The van der Waals surface area contributed by atoms with Gasteiger partial charge >= 0.3 is 0 Å². The van der Waals surface area contributed by atoms with Crippen LogP contribution in [0.15, 0.2) is 35.5 Å². The first-order valence-corrected chi connectivity index (χ1v) is 18.2. The summed E-state index contributed by atoms with van der Waals surface area (Å²) in [7, 11) is 0. The maximum atomic E-state index is 14.1. The lowest BCUT2D eigenvalue weighted by Gasteiger charge is -2.43. The molecule has 2 aromatic carbocycles. The summed E-state index contributed by atoms with van der Waals surface area (Å²) < 4.78 is 12.3. The van der Waals surface area contributed by atoms with E-state index in [0.29, 0.717) is 19.3 Å². The van der Waals surface area contributed by atoms with Crippen LogP contribution in [0.1, 0.15) is 119 Å². The molecule has 3 amide bonds. The van der Waals surface area contributed by atoms with Crippen LogP contribution in [0.25, 0.3) is 0 Å². The topological polar surface area (TPSA) is 255 Å². The number of carbonyl (C=O) groups excluding carboxylic acids is 6. The second kappa shape index (κ2) is 15.5. The zero-order valence-corrected chi connectivity index (χ0v) is 30.7. The van der Waals surface area contributed by atoms with Crippen molar-refractivity contribution in [3.63, 3.8) is 0 Å². The van der Waals surface area contributed by atoms with Gasteiger partial charge in [0.25, 0.3) is 11.8 Å². The molecule has 0 spiro atoms. The van der Waals surface area contributed by atoms with E-state index in [4.69, 9.17) is 15.2 Å². The Morgan fingerprint density at radius 1 is 1.04 bits per heavy atom. The summed E-state index contributed by atoms with van der Waals surface area (Å²) in [5, 5.41) is 49.0. The molecule has 4 aliphatic rings. The Labute approximate surface area is 316 Å². The molecule has 0 saturated carbocycles. The van der Waals surface area contributed by atoms with E-state index >= 15 is 0 Å². The van der Waals surface area contributed by atoms with Gasteiger partial charge in [-0.2, -0.15) is 5.10 Å². The molecular formula is C39H44N4O12. The van der Waals surface area contributed by atoms with Gasteiger partial charge in [-0.15, -0.1) is 0 Å². The van der Waals surface area contributed by atoms with Crippen LogP contribution < -0.4 is 11.2 Å². The molecule has 16 nitrogen and oxygen atoms in total. The molecule has 2 aliphatic carbocycles. The summed E-state index contributed by atoms with van der Waals surface area (Å²) in [4.78, 5) is 78.0. The number of nitrogens with two attached hydrogens (primary N) is 1. The van der Waals surface area contributed by atoms with Gasteiger partial charge in [-0.1, -0.05) is 31.5 Å². The number of phenols is 2. The molecular weight excluding hydrogens is 716 g/mol. The first kappa shape index (κ1) is 39.6. The number of hydrogen-bond donors (Lipinski definition) is 6. The Morgan fingerprint density at radius 2 is 1.73 bits per heavy atom. The number of carbonyl (C=O) groups is 6. The van der Waals surface area contributed by atoms with E-state index < -0.39 is 88.5 Å². The highest BCUT2D eigenvalue weighted by Crippen LogP contribution is 2.54. The average Bonchev–Trinajstić information content (AvgIpc) is 3.46. The summed E-state index contributed by atoms with van der Waals surface area (Å²) in [6, 6.07) is 3.48. The molecule has 1 saturated heterocycles. The largest absolute Gasteiger partial charge is 0.507 e. The fourth-order valence-electron chi connectivity index (χ4n) is 7.90. The van der Waals surface area contributed by atoms with Crippen molar-refractivity contribution in [2.24, 2.45) is 16.3 Å². The summed E-state index contributed by atoms with van der Waals surface area (Å²) >= 11 is 0. The predicted molar refractivity (Wildman–Crippen MR) is 193 cm³/mol. The van der Waals surface area contributed by atoms with Crippen molar-refractivity contribution in [1.82, 2.24) is 10.3 Å². The van der Waals surface area contributed by atoms with Crippen molar-refractivity contribution in [2.75, 3.05) is 13.2 Å². The van der Waals surface area contributed by atoms with Crippen molar-refractivity contribution < 1.29 is 58.7 Å². The maximum absolute atomic E-state index is 14.1. The minimum absolute atomic E-state index is 0.0102. The maximum Gasteiger partial charge on any atom is 0.253 e. The van der Waals surface area contributed by atoms with Crippen LogP contribution >= 0.6 is 0 Å². The Morgan fingerprint density at radius 3 is 2.38 bits per heavy atom. The van der Waals surface area contributed by atoms with Gasteiger partial charge in [-0.25, -0.2) is 5.43 Å². The van der Waals surface area contributed by atoms with E-state index in [2.05, 4.69) is 10.5 Å².